The van der Waals surface area contributed by atoms with Crippen molar-refractivity contribution < 1.29 is 9.66 Å². The van der Waals surface area contributed by atoms with Crippen molar-refractivity contribution in [1.29, 1.82) is 5.41 Å². The highest BCUT2D eigenvalue weighted by molar-refractivity contribution is 6.32. The number of benzene rings is 1. The summed E-state index contributed by atoms with van der Waals surface area (Å²) in [5, 5.41) is 18.2. The highest BCUT2D eigenvalue weighted by Crippen LogP contribution is 2.31. The van der Waals surface area contributed by atoms with Crippen LogP contribution in [0.15, 0.2) is 30.5 Å². The molecule has 7 nitrogen and oxygen atoms in total. The Kier molecular flexibility index (Phi) is 4.04. The van der Waals surface area contributed by atoms with Crippen molar-refractivity contribution in [2.24, 2.45) is 5.73 Å². The van der Waals surface area contributed by atoms with Gasteiger partial charge in [0.25, 0.3) is 5.69 Å². The Morgan fingerprint density at radius 1 is 1.48 bits per heavy atom. The molecule has 1 heterocycles. The zero-order valence-electron chi connectivity index (χ0n) is 11.0. The first-order chi connectivity index (χ1) is 9.90. The molecule has 21 heavy (non-hydrogen) atoms. The lowest BCUT2D eigenvalue weighted by atomic mass is 10.1. The molecule has 0 aliphatic heterocycles. The van der Waals surface area contributed by atoms with Gasteiger partial charge in [0.15, 0.2) is 0 Å². The molecule has 2 rings (SSSR count). The highest BCUT2D eigenvalue weighted by Gasteiger charge is 2.16. The Bertz CT molecular complexity index is 733. The third-order valence-corrected chi connectivity index (χ3v) is 3.03. The number of hydrogen-bond acceptors (Lipinski definition) is 5. The number of nitrogen functional groups attached to an aromatic ring is 1. The van der Waals surface area contributed by atoms with E-state index in [0.29, 0.717) is 5.56 Å². The van der Waals surface area contributed by atoms with E-state index in [-0.39, 0.29) is 28.2 Å². The molecule has 108 valence electrons. The number of nitro benzene ring substituents is 1. The van der Waals surface area contributed by atoms with E-state index in [9.17, 15) is 10.1 Å². The van der Waals surface area contributed by atoms with Crippen molar-refractivity contribution >= 4 is 23.1 Å². The smallest absolute Gasteiger partial charge is 0.288 e. The number of nitro groups is 1. The molecule has 0 spiro atoms. The molecule has 8 heteroatoms. The number of nitrogens with two attached hydrogens (primary N) is 1. The van der Waals surface area contributed by atoms with Gasteiger partial charge in [-0.15, -0.1) is 0 Å². The third kappa shape index (κ3) is 3.09. The second kappa shape index (κ2) is 5.76. The summed E-state index contributed by atoms with van der Waals surface area (Å²) in [6.45, 7) is 1.77. The number of aryl methyl sites for hydroxylation is 1. The van der Waals surface area contributed by atoms with Crippen LogP contribution in [0, 0.1) is 22.4 Å². The Morgan fingerprint density at radius 3 is 2.76 bits per heavy atom. The minimum Gasteiger partial charge on any atom is -0.438 e. The lowest BCUT2D eigenvalue weighted by Gasteiger charge is -2.11. The summed E-state index contributed by atoms with van der Waals surface area (Å²) in [5.41, 5.74) is 6.40. The van der Waals surface area contributed by atoms with Gasteiger partial charge in [-0.2, -0.15) is 0 Å². The molecule has 0 amide bonds. The average molecular weight is 307 g/mol. The minimum atomic E-state index is -0.585. The fourth-order valence-electron chi connectivity index (χ4n) is 1.75. The van der Waals surface area contributed by atoms with Gasteiger partial charge in [-0.3, -0.25) is 15.5 Å². The summed E-state index contributed by atoms with van der Waals surface area (Å²) >= 11 is 5.82. The first-order valence-corrected chi connectivity index (χ1v) is 6.19. The predicted octanol–water partition coefficient (Wildman–Crippen LogP) is 3.03. The number of ether oxygens (including phenoxy) is 1. The number of hydrogen-bond donors (Lipinski definition) is 2. The molecule has 2 aromatic rings. The summed E-state index contributed by atoms with van der Waals surface area (Å²) < 4.78 is 5.53. The first-order valence-electron chi connectivity index (χ1n) is 5.82. The Hall–Kier alpha value is -2.67. The Labute approximate surface area is 125 Å². The maximum atomic E-state index is 10.7. The molecular formula is C13H11ClN4O3. The SMILES string of the molecule is Cc1ccnc(Oc2ccc([N+](=O)[O-])c(Cl)c2)c1C(=N)N. The van der Waals surface area contributed by atoms with Gasteiger partial charge < -0.3 is 10.5 Å². The summed E-state index contributed by atoms with van der Waals surface area (Å²) in [6.07, 6.45) is 1.52. The van der Waals surface area contributed by atoms with Gasteiger partial charge in [0.2, 0.25) is 5.88 Å². The summed E-state index contributed by atoms with van der Waals surface area (Å²) in [6, 6.07) is 5.65. The molecule has 0 aliphatic carbocycles. The number of halogens is 1. The van der Waals surface area contributed by atoms with Crippen LogP contribution in [0.1, 0.15) is 11.1 Å². The Balaban J connectivity index is 2.39. The van der Waals surface area contributed by atoms with E-state index in [1.165, 1.54) is 24.4 Å². The maximum absolute atomic E-state index is 10.7. The monoisotopic (exact) mass is 306 g/mol. The van der Waals surface area contributed by atoms with Gasteiger partial charge in [-0.25, -0.2) is 4.98 Å². The number of nitrogens with one attached hydrogen (secondary N) is 1. The van der Waals surface area contributed by atoms with Crippen LogP contribution in [0.3, 0.4) is 0 Å². The minimum absolute atomic E-state index is 0.0467. The molecular weight excluding hydrogens is 296 g/mol. The van der Waals surface area contributed by atoms with E-state index < -0.39 is 4.92 Å². The average Bonchev–Trinajstić information content (AvgIpc) is 2.37. The summed E-state index contributed by atoms with van der Waals surface area (Å²) in [7, 11) is 0. The van der Waals surface area contributed by atoms with Crippen LogP contribution in [-0.4, -0.2) is 15.7 Å². The van der Waals surface area contributed by atoms with Crippen LogP contribution in [0.2, 0.25) is 5.02 Å². The van der Waals surface area contributed by atoms with Crippen molar-refractivity contribution in [3.63, 3.8) is 0 Å². The van der Waals surface area contributed by atoms with Gasteiger partial charge in [0.05, 0.1) is 10.5 Å². The fraction of sp³-hybridized carbons (Fsp3) is 0.0769. The molecule has 0 radical (unpaired) electrons. The van der Waals surface area contributed by atoms with Gasteiger partial charge in [-0.1, -0.05) is 11.6 Å². The topological polar surface area (TPSA) is 115 Å². The molecule has 0 saturated heterocycles. The first kappa shape index (κ1) is 14.7. The molecule has 0 fully saturated rings. The van der Waals surface area contributed by atoms with Gasteiger partial charge in [0, 0.05) is 18.3 Å². The molecule has 0 bridgehead atoms. The largest absolute Gasteiger partial charge is 0.438 e. The van der Waals surface area contributed by atoms with E-state index in [1.54, 1.807) is 13.0 Å². The highest BCUT2D eigenvalue weighted by atomic mass is 35.5. The van der Waals surface area contributed by atoms with Gasteiger partial charge >= 0.3 is 0 Å². The quantitative estimate of drug-likeness (QED) is 0.390. The van der Waals surface area contributed by atoms with Crippen LogP contribution in [0.5, 0.6) is 11.6 Å². The second-order valence-corrected chi connectivity index (χ2v) is 4.60. The predicted molar refractivity (Wildman–Crippen MR) is 78.2 cm³/mol. The number of amidine groups is 1. The van der Waals surface area contributed by atoms with E-state index >= 15 is 0 Å². The number of rotatable bonds is 4. The summed E-state index contributed by atoms with van der Waals surface area (Å²) in [5.74, 6) is 0.238. The summed E-state index contributed by atoms with van der Waals surface area (Å²) in [4.78, 5) is 14.1. The van der Waals surface area contributed by atoms with Crippen molar-refractivity contribution in [2.45, 2.75) is 6.92 Å². The van der Waals surface area contributed by atoms with Crippen molar-refractivity contribution in [3.8, 4) is 11.6 Å². The van der Waals surface area contributed by atoms with Gasteiger partial charge in [0.1, 0.15) is 16.6 Å². The molecule has 1 aromatic heterocycles. The fourth-order valence-corrected chi connectivity index (χ4v) is 1.99. The molecule has 0 atom stereocenters. The van der Waals surface area contributed by atoms with Crippen molar-refractivity contribution in [2.75, 3.05) is 0 Å². The van der Waals surface area contributed by atoms with Crippen LogP contribution in [-0.2, 0) is 0 Å². The zero-order chi connectivity index (χ0) is 15.6. The van der Waals surface area contributed by atoms with Crippen LogP contribution >= 0.6 is 11.6 Å². The molecule has 0 aliphatic rings. The van der Waals surface area contributed by atoms with Crippen molar-refractivity contribution in [3.05, 3.63) is 56.7 Å². The molecule has 0 saturated carbocycles. The van der Waals surface area contributed by atoms with E-state index in [2.05, 4.69) is 4.98 Å². The van der Waals surface area contributed by atoms with Crippen LogP contribution < -0.4 is 10.5 Å². The zero-order valence-corrected chi connectivity index (χ0v) is 11.7. The molecule has 1 aromatic carbocycles. The maximum Gasteiger partial charge on any atom is 0.288 e. The van der Waals surface area contributed by atoms with E-state index in [4.69, 9.17) is 27.5 Å². The standard InChI is InChI=1S/C13H11ClN4O3/c1-7-4-5-17-13(11(7)12(15)16)21-8-2-3-10(18(19)20)9(14)6-8/h2-6H,1H3,(H3,15,16). The van der Waals surface area contributed by atoms with Crippen molar-refractivity contribution in [1.82, 2.24) is 4.98 Å². The van der Waals surface area contributed by atoms with Crippen LogP contribution in [0.4, 0.5) is 5.69 Å². The molecule has 0 unspecified atom stereocenters. The third-order valence-electron chi connectivity index (χ3n) is 2.72. The lowest BCUT2D eigenvalue weighted by Crippen LogP contribution is -2.14. The number of nitrogens with zero attached hydrogens (tertiary/aromatic N) is 2. The second-order valence-electron chi connectivity index (χ2n) is 4.19. The van der Waals surface area contributed by atoms with E-state index in [1.807, 2.05) is 0 Å². The van der Waals surface area contributed by atoms with Gasteiger partial charge in [-0.05, 0) is 24.6 Å². The Morgan fingerprint density at radius 2 is 2.19 bits per heavy atom. The normalized spacial score (nSPS) is 10.2. The number of aromatic nitrogens is 1. The van der Waals surface area contributed by atoms with Crippen LogP contribution in [0.25, 0.3) is 0 Å². The lowest BCUT2D eigenvalue weighted by molar-refractivity contribution is -0.384. The molecule has 3 N–H and O–H groups in total. The number of pyridine rings is 1. The van der Waals surface area contributed by atoms with E-state index in [0.717, 1.165) is 5.56 Å².